The molecule has 4 nitrogen and oxygen atoms in total. The molecule has 0 fully saturated rings. The van der Waals surface area contributed by atoms with Gasteiger partial charge in [0, 0.05) is 0 Å². The highest BCUT2D eigenvalue weighted by Crippen LogP contribution is 2.08. The largest absolute Gasteiger partial charge is 0.272 e. The molecule has 2 aromatic heterocycles. The average Bonchev–Trinajstić information content (AvgIpc) is 2.56. The molecule has 2 rings (SSSR count). The second kappa shape index (κ2) is 3.02. The predicted molar refractivity (Wildman–Crippen MR) is 46.9 cm³/mol. The van der Waals surface area contributed by atoms with E-state index in [1.54, 1.807) is 17.2 Å². The molecule has 12 heavy (non-hydrogen) atoms. The van der Waals surface area contributed by atoms with Gasteiger partial charge in [-0.05, 0) is 28.1 Å². The Labute approximate surface area is 77.4 Å². The standard InChI is InChI=1S/C7H5BrN4/c8-6-2-1-3-7(11-6)12-4-9-10-5-12/h1-5H. The second-order valence-corrected chi connectivity index (χ2v) is 3.00. The summed E-state index contributed by atoms with van der Waals surface area (Å²) in [5, 5.41) is 7.37. The van der Waals surface area contributed by atoms with Gasteiger partial charge in [0.15, 0.2) is 0 Å². The van der Waals surface area contributed by atoms with Gasteiger partial charge in [-0.25, -0.2) is 4.98 Å². The van der Waals surface area contributed by atoms with Crippen LogP contribution in [0.25, 0.3) is 5.82 Å². The van der Waals surface area contributed by atoms with Gasteiger partial charge in [0.2, 0.25) is 0 Å². The Morgan fingerprint density at radius 1 is 1.17 bits per heavy atom. The molecule has 0 N–H and O–H groups in total. The van der Waals surface area contributed by atoms with Gasteiger partial charge in [-0.2, -0.15) is 0 Å². The van der Waals surface area contributed by atoms with E-state index in [4.69, 9.17) is 0 Å². The SMILES string of the molecule is Brc1cccc(-n2cnnc2)n1. The third-order valence-corrected chi connectivity index (χ3v) is 1.83. The molecule has 0 saturated carbocycles. The van der Waals surface area contributed by atoms with Crippen molar-refractivity contribution in [2.45, 2.75) is 0 Å². The Morgan fingerprint density at radius 3 is 2.58 bits per heavy atom. The number of aromatic nitrogens is 4. The summed E-state index contributed by atoms with van der Waals surface area (Å²) >= 11 is 3.28. The van der Waals surface area contributed by atoms with Gasteiger partial charge in [-0.1, -0.05) is 6.07 Å². The zero-order valence-electron chi connectivity index (χ0n) is 6.05. The summed E-state index contributed by atoms with van der Waals surface area (Å²) in [7, 11) is 0. The van der Waals surface area contributed by atoms with E-state index in [1.165, 1.54) is 0 Å². The van der Waals surface area contributed by atoms with Crippen LogP contribution in [-0.2, 0) is 0 Å². The van der Waals surface area contributed by atoms with Crippen molar-refractivity contribution in [2.75, 3.05) is 0 Å². The van der Waals surface area contributed by atoms with Crippen LogP contribution in [0.4, 0.5) is 0 Å². The molecule has 0 aromatic carbocycles. The maximum atomic E-state index is 4.22. The molecular formula is C7H5BrN4. The third kappa shape index (κ3) is 1.35. The predicted octanol–water partition coefficient (Wildman–Crippen LogP) is 1.42. The van der Waals surface area contributed by atoms with Crippen LogP contribution in [0.1, 0.15) is 0 Å². The molecule has 0 aliphatic carbocycles. The van der Waals surface area contributed by atoms with Crippen LogP contribution in [0.3, 0.4) is 0 Å². The molecule has 0 radical (unpaired) electrons. The Morgan fingerprint density at radius 2 is 1.92 bits per heavy atom. The summed E-state index contributed by atoms with van der Waals surface area (Å²) in [6, 6.07) is 5.66. The van der Waals surface area contributed by atoms with E-state index in [1.807, 2.05) is 18.2 Å². The summed E-state index contributed by atoms with van der Waals surface area (Å²) in [4.78, 5) is 4.22. The molecule has 60 valence electrons. The molecule has 2 aromatic rings. The topological polar surface area (TPSA) is 43.6 Å². The van der Waals surface area contributed by atoms with Crippen molar-refractivity contribution in [2.24, 2.45) is 0 Å². The van der Waals surface area contributed by atoms with Gasteiger partial charge in [-0.15, -0.1) is 10.2 Å². The van der Waals surface area contributed by atoms with Crippen LogP contribution in [0.2, 0.25) is 0 Å². The lowest BCUT2D eigenvalue weighted by atomic mass is 10.5. The van der Waals surface area contributed by atoms with Crippen molar-refractivity contribution in [3.8, 4) is 5.82 Å². The molecule has 0 bridgehead atoms. The van der Waals surface area contributed by atoms with E-state index in [-0.39, 0.29) is 0 Å². The van der Waals surface area contributed by atoms with Gasteiger partial charge in [0.25, 0.3) is 0 Å². The number of rotatable bonds is 1. The van der Waals surface area contributed by atoms with E-state index >= 15 is 0 Å². The Hall–Kier alpha value is -1.23. The normalized spacial score (nSPS) is 10.1. The van der Waals surface area contributed by atoms with Gasteiger partial charge < -0.3 is 0 Å². The fourth-order valence-electron chi connectivity index (χ4n) is 0.860. The van der Waals surface area contributed by atoms with E-state index in [9.17, 15) is 0 Å². The molecule has 0 unspecified atom stereocenters. The first kappa shape index (κ1) is 7.42. The van der Waals surface area contributed by atoms with Crippen LogP contribution in [0, 0.1) is 0 Å². The monoisotopic (exact) mass is 224 g/mol. The zero-order valence-corrected chi connectivity index (χ0v) is 7.64. The second-order valence-electron chi connectivity index (χ2n) is 2.19. The van der Waals surface area contributed by atoms with Gasteiger partial charge in [-0.3, -0.25) is 4.57 Å². The van der Waals surface area contributed by atoms with Crippen LogP contribution in [0.5, 0.6) is 0 Å². The van der Waals surface area contributed by atoms with Gasteiger partial charge in [0.05, 0.1) is 0 Å². The van der Waals surface area contributed by atoms with Crippen molar-refractivity contribution in [1.29, 1.82) is 0 Å². The number of halogens is 1. The van der Waals surface area contributed by atoms with E-state index in [2.05, 4.69) is 31.1 Å². The molecule has 0 aliphatic rings. The van der Waals surface area contributed by atoms with Crippen molar-refractivity contribution < 1.29 is 0 Å². The lowest BCUT2D eigenvalue weighted by Crippen LogP contribution is -1.93. The molecule has 5 heteroatoms. The van der Waals surface area contributed by atoms with Crippen molar-refractivity contribution in [3.63, 3.8) is 0 Å². The van der Waals surface area contributed by atoms with E-state index < -0.39 is 0 Å². The summed E-state index contributed by atoms with van der Waals surface area (Å²) in [5.41, 5.74) is 0. The smallest absolute Gasteiger partial charge is 0.140 e. The maximum absolute atomic E-state index is 4.22. The van der Waals surface area contributed by atoms with Crippen LogP contribution >= 0.6 is 15.9 Å². The Bertz CT molecular complexity index is 371. The Kier molecular flexibility index (Phi) is 1.87. The van der Waals surface area contributed by atoms with E-state index in [0.717, 1.165) is 10.4 Å². The van der Waals surface area contributed by atoms with Crippen LogP contribution in [0.15, 0.2) is 35.5 Å². The maximum Gasteiger partial charge on any atom is 0.140 e. The number of pyridine rings is 1. The molecule has 0 atom stereocenters. The first-order valence-electron chi connectivity index (χ1n) is 3.34. The molecule has 2 heterocycles. The molecule has 0 spiro atoms. The molecular weight excluding hydrogens is 220 g/mol. The highest BCUT2D eigenvalue weighted by atomic mass is 79.9. The summed E-state index contributed by atoms with van der Waals surface area (Å²) in [5.74, 6) is 0.800. The van der Waals surface area contributed by atoms with Gasteiger partial charge >= 0.3 is 0 Å². The molecule has 0 saturated heterocycles. The Balaban J connectivity index is 2.48. The summed E-state index contributed by atoms with van der Waals surface area (Å²) in [6.07, 6.45) is 3.21. The number of hydrogen-bond donors (Lipinski definition) is 0. The lowest BCUT2D eigenvalue weighted by Gasteiger charge is -1.98. The minimum Gasteiger partial charge on any atom is -0.272 e. The summed E-state index contributed by atoms with van der Waals surface area (Å²) < 4.78 is 2.54. The van der Waals surface area contributed by atoms with Crippen molar-refractivity contribution in [1.82, 2.24) is 19.7 Å². The van der Waals surface area contributed by atoms with Crippen molar-refractivity contribution >= 4 is 15.9 Å². The number of nitrogens with zero attached hydrogens (tertiary/aromatic N) is 4. The number of hydrogen-bond acceptors (Lipinski definition) is 3. The highest BCUT2D eigenvalue weighted by molar-refractivity contribution is 9.10. The molecule has 0 aliphatic heterocycles. The van der Waals surface area contributed by atoms with E-state index in [0.29, 0.717) is 0 Å². The van der Waals surface area contributed by atoms with Gasteiger partial charge in [0.1, 0.15) is 23.1 Å². The lowest BCUT2D eigenvalue weighted by molar-refractivity contribution is 0.982. The minimum absolute atomic E-state index is 0.800. The molecule has 0 amide bonds. The third-order valence-electron chi connectivity index (χ3n) is 1.38. The first-order chi connectivity index (χ1) is 5.86. The minimum atomic E-state index is 0.800. The highest BCUT2D eigenvalue weighted by Gasteiger charge is 1.96. The fraction of sp³-hybridized carbons (Fsp3) is 0. The first-order valence-corrected chi connectivity index (χ1v) is 4.13. The summed E-state index contributed by atoms with van der Waals surface area (Å²) in [6.45, 7) is 0. The van der Waals surface area contributed by atoms with Crippen LogP contribution < -0.4 is 0 Å². The van der Waals surface area contributed by atoms with Crippen LogP contribution in [-0.4, -0.2) is 19.7 Å². The average molecular weight is 225 g/mol. The quantitative estimate of drug-likeness (QED) is 0.689. The van der Waals surface area contributed by atoms with Crippen molar-refractivity contribution in [3.05, 3.63) is 35.5 Å². The fourth-order valence-corrected chi connectivity index (χ4v) is 1.19. The zero-order chi connectivity index (χ0) is 8.39.